The Kier molecular flexibility index (Phi) is 1.51. The topological polar surface area (TPSA) is 12.9 Å². The van der Waals surface area contributed by atoms with Crippen molar-refractivity contribution in [1.82, 2.24) is 4.98 Å². The van der Waals surface area contributed by atoms with E-state index in [1.165, 1.54) is 11.1 Å². The molecular formula is C11H11N. The normalized spacial score (nSPS) is 16.9. The van der Waals surface area contributed by atoms with Gasteiger partial charge >= 0.3 is 0 Å². The van der Waals surface area contributed by atoms with Gasteiger partial charge in [-0.1, -0.05) is 23.8 Å². The van der Waals surface area contributed by atoms with E-state index in [1.807, 2.05) is 6.07 Å². The van der Waals surface area contributed by atoms with Gasteiger partial charge in [0.25, 0.3) is 0 Å². The first kappa shape index (κ1) is 6.18. The third kappa shape index (κ3) is 1.18. The summed E-state index contributed by atoms with van der Waals surface area (Å²) in [7, 11) is 0. The van der Waals surface area contributed by atoms with E-state index in [9.17, 15) is 0 Å². The Morgan fingerprint density at radius 2 is 2.50 bits per heavy atom. The first-order valence-corrected chi connectivity index (χ1v) is 4.06. The van der Waals surface area contributed by atoms with Gasteiger partial charge in [-0.25, -0.2) is 0 Å². The minimum Gasteiger partial charge on any atom is -0.256 e. The summed E-state index contributed by atoms with van der Waals surface area (Å²) in [6.07, 6.45) is 6.85. The van der Waals surface area contributed by atoms with E-state index >= 15 is 0 Å². The zero-order valence-corrected chi connectivity index (χ0v) is 7.04. The van der Waals surface area contributed by atoms with Crippen LogP contribution in [-0.4, -0.2) is 4.98 Å². The van der Waals surface area contributed by atoms with Gasteiger partial charge in [0, 0.05) is 6.20 Å². The van der Waals surface area contributed by atoms with E-state index in [0.717, 1.165) is 12.1 Å². The molecule has 1 heteroatoms. The highest BCUT2D eigenvalue weighted by Crippen LogP contribution is 2.25. The van der Waals surface area contributed by atoms with Crippen molar-refractivity contribution >= 4 is 5.57 Å². The van der Waals surface area contributed by atoms with Crippen LogP contribution in [0.2, 0.25) is 0 Å². The summed E-state index contributed by atoms with van der Waals surface area (Å²) in [6, 6.07) is 4.13. The average molecular weight is 159 g/mol. The molecule has 0 spiro atoms. The molecule has 0 saturated heterocycles. The van der Waals surface area contributed by atoms with Crippen LogP contribution in [-0.2, 0) is 0 Å². The predicted molar refractivity (Wildman–Crippen MR) is 50.6 cm³/mol. The molecule has 0 saturated carbocycles. The fourth-order valence-electron chi connectivity index (χ4n) is 1.39. The number of pyridine rings is 1. The van der Waals surface area contributed by atoms with Gasteiger partial charge in [-0.2, -0.15) is 0 Å². The number of rotatable bonds is 1. The van der Waals surface area contributed by atoms with Crippen molar-refractivity contribution in [3.8, 4) is 0 Å². The Balaban J connectivity index is 2.41. The van der Waals surface area contributed by atoms with Crippen LogP contribution in [0.15, 0.2) is 42.1 Å². The number of hydrogen-bond donors (Lipinski definition) is 0. The van der Waals surface area contributed by atoms with Crippen molar-refractivity contribution in [2.45, 2.75) is 13.3 Å². The molecule has 0 fully saturated rings. The van der Waals surface area contributed by atoms with E-state index < -0.39 is 0 Å². The van der Waals surface area contributed by atoms with Crippen molar-refractivity contribution in [1.29, 1.82) is 0 Å². The summed E-state index contributed by atoms with van der Waals surface area (Å²) in [5.74, 6) is 0. The second-order valence-corrected chi connectivity index (χ2v) is 2.94. The minimum atomic E-state index is 0.462. The maximum atomic E-state index is 7.32. The van der Waals surface area contributed by atoms with Crippen LogP contribution in [0.1, 0.15) is 20.4 Å². The first-order chi connectivity index (χ1) is 6.27. The molecule has 12 heavy (non-hydrogen) atoms. The van der Waals surface area contributed by atoms with Crippen molar-refractivity contribution in [3.63, 3.8) is 0 Å². The predicted octanol–water partition coefficient (Wildman–Crippen LogP) is 2.82. The highest BCUT2D eigenvalue weighted by atomic mass is 14.7. The summed E-state index contributed by atoms with van der Waals surface area (Å²) in [4.78, 5) is 4.21. The third-order valence-corrected chi connectivity index (χ3v) is 2.06. The lowest BCUT2D eigenvalue weighted by molar-refractivity contribution is 1.23. The van der Waals surface area contributed by atoms with E-state index in [-0.39, 0.29) is 0 Å². The van der Waals surface area contributed by atoms with Gasteiger partial charge in [-0.3, -0.25) is 4.98 Å². The fourth-order valence-corrected chi connectivity index (χ4v) is 1.39. The molecule has 1 aromatic rings. The van der Waals surface area contributed by atoms with Crippen LogP contribution in [0.4, 0.5) is 0 Å². The Bertz CT molecular complexity index is 374. The van der Waals surface area contributed by atoms with Gasteiger partial charge < -0.3 is 0 Å². The summed E-state index contributed by atoms with van der Waals surface area (Å²) >= 11 is 0. The Hall–Kier alpha value is -1.37. The zero-order chi connectivity index (χ0) is 9.26. The molecule has 1 aliphatic carbocycles. The molecule has 1 nitrogen and oxygen atoms in total. The van der Waals surface area contributed by atoms with Crippen LogP contribution >= 0.6 is 0 Å². The number of hydrogen-bond acceptors (Lipinski definition) is 1. The number of allylic oxidation sites excluding steroid dienone is 4. The van der Waals surface area contributed by atoms with E-state index in [1.54, 1.807) is 12.3 Å². The molecule has 60 valence electrons. The number of nitrogens with zero attached hydrogens (tertiary/aromatic N) is 1. The van der Waals surface area contributed by atoms with Gasteiger partial charge in [-0.05, 0) is 31.0 Å². The lowest BCUT2D eigenvalue weighted by Crippen LogP contribution is -1.85. The van der Waals surface area contributed by atoms with Crippen molar-refractivity contribution in [3.05, 3.63) is 47.8 Å². The average Bonchev–Trinajstić information content (AvgIpc) is 2.53. The van der Waals surface area contributed by atoms with Crippen molar-refractivity contribution in [2.75, 3.05) is 0 Å². The molecule has 0 radical (unpaired) electrons. The summed E-state index contributed by atoms with van der Waals surface area (Å²) in [5, 5.41) is 0. The van der Waals surface area contributed by atoms with Gasteiger partial charge in [0.15, 0.2) is 0 Å². The van der Waals surface area contributed by atoms with Crippen LogP contribution < -0.4 is 0 Å². The Labute approximate surface area is 73.9 Å². The molecular weight excluding hydrogens is 146 g/mol. The molecule has 0 unspecified atom stereocenters. The molecule has 2 rings (SSSR count). The minimum absolute atomic E-state index is 0.462. The maximum Gasteiger partial charge on any atom is 0.0701 e. The van der Waals surface area contributed by atoms with Gasteiger partial charge in [0.2, 0.25) is 0 Å². The quantitative estimate of drug-likeness (QED) is 0.614. The molecule has 1 heterocycles. The van der Waals surface area contributed by atoms with E-state index in [4.69, 9.17) is 1.37 Å². The standard InChI is InChI=1S/C11H11N/c1-9-5-4-6-10(9)11-7-2-3-8-12-11/h2-4,6-8H,5H2,1H3/i3T. The molecule has 0 aliphatic heterocycles. The zero-order valence-electron chi connectivity index (χ0n) is 8.04. The third-order valence-electron chi connectivity index (χ3n) is 2.06. The van der Waals surface area contributed by atoms with Crippen molar-refractivity contribution in [2.24, 2.45) is 0 Å². The molecule has 0 bridgehead atoms. The lowest BCUT2D eigenvalue weighted by atomic mass is 10.1. The highest BCUT2D eigenvalue weighted by Gasteiger charge is 2.06. The second-order valence-electron chi connectivity index (χ2n) is 2.94. The van der Waals surface area contributed by atoms with Crippen LogP contribution in [0.25, 0.3) is 5.57 Å². The monoisotopic (exact) mass is 159 g/mol. The lowest BCUT2D eigenvalue weighted by Gasteiger charge is -2.00. The molecule has 0 aromatic carbocycles. The van der Waals surface area contributed by atoms with Crippen LogP contribution in [0.5, 0.6) is 0 Å². The molecule has 0 amide bonds. The van der Waals surface area contributed by atoms with Gasteiger partial charge in [-0.15, -0.1) is 0 Å². The second kappa shape index (κ2) is 2.94. The Morgan fingerprint density at radius 3 is 3.08 bits per heavy atom. The molecule has 0 N–H and O–H groups in total. The van der Waals surface area contributed by atoms with Crippen LogP contribution in [0, 0.1) is 0 Å². The van der Waals surface area contributed by atoms with Crippen molar-refractivity contribution < 1.29 is 1.37 Å². The molecule has 0 atom stereocenters. The molecule has 1 aromatic heterocycles. The summed E-state index contributed by atoms with van der Waals surface area (Å²) < 4.78 is 7.32. The summed E-state index contributed by atoms with van der Waals surface area (Å²) in [5.41, 5.74) is 3.53. The smallest absolute Gasteiger partial charge is 0.0701 e. The number of aromatic nitrogens is 1. The SMILES string of the molecule is [3H]c1ccc(C2=C(C)CC=C2)nc1. The van der Waals surface area contributed by atoms with E-state index in [0.29, 0.717) is 6.04 Å². The summed E-state index contributed by atoms with van der Waals surface area (Å²) in [6.45, 7) is 2.12. The molecule has 1 aliphatic rings. The van der Waals surface area contributed by atoms with Gasteiger partial charge in [0.1, 0.15) is 0 Å². The van der Waals surface area contributed by atoms with Gasteiger partial charge in [0.05, 0.1) is 7.06 Å². The fraction of sp³-hybridized carbons (Fsp3) is 0.182. The van der Waals surface area contributed by atoms with E-state index in [2.05, 4.69) is 24.1 Å². The highest BCUT2D eigenvalue weighted by molar-refractivity contribution is 5.76. The maximum absolute atomic E-state index is 7.32. The largest absolute Gasteiger partial charge is 0.256 e. The van der Waals surface area contributed by atoms with Crippen LogP contribution in [0.3, 0.4) is 0 Å². The first-order valence-electron chi connectivity index (χ1n) is 4.56. The Morgan fingerprint density at radius 1 is 1.58 bits per heavy atom.